The largest absolute Gasteiger partial charge is 0.507 e. The third kappa shape index (κ3) is 4.75. The van der Waals surface area contributed by atoms with Crippen molar-refractivity contribution in [3.63, 3.8) is 0 Å². The van der Waals surface area contributed by atoms with Crippen molar-refractivity contribution in [2.45, 2.75) is 19.9 Å². The number of hydrogen-bond donors (Lipinski definition) is 1. The van der Waals surface area contributed by atoms with Crippen molar-refractivity contribution in [2.24, 2.45) is 0 Å². The maximum Gasteiger partial charge on any atom is 0.295 e. The van der Waals surface area contributed by atoms with E-state index >= 15 is 0 Å². The van der Waals surface area contributed by atoms with Gasteiger partial charge in [-0.05, 0) is 57.3 Å². The molecule has 32 heavy (non-hydrogen) atoms. The van der Waals surface area contributed by atoms with E-state index in [1.165, 1.54) is 0 Å². The Labute approximate surface area is 189 Å². The molecule has 1 unspecified atom stereocenters. The molecule has 3 rings (SSSR count). The molecule has 1 atom stereocenters. The molecule has 1 aliphatic heterocycles. The zero-order valence-electron chi connectivity index (χ0n) is 19.1. The van der Waals surface area contributed by atoms with Crippen LogP contribution in [0.3, 0.4) is 0 Å². The van der Waals surface area contributed by atoms with E-state index < -0.39 is 17.7 Å². The summed E-state index contributed by atoms with van der Waals surface area (Å²) in [6.07, 6.45) is 1.66. The van der Waals surface area contributed by atoms with Gasteiger partial charge in [-0.15, -0.1) is 0 Å². The fraction of sp³-hybridized carbons (Fsp3) is 0.308. The lowest BCUT2D eigenvalue weighted by molar-refractivity contribution is -0.140. The number of hydrogen-bond acceptors (Lipinski definition) is 5. The van der Waals surface area contributed by atoms with Crippen LogP contribution >= 0.6 is 0 Å². The first kappa shape index (κ1) is 23.3. The molecule has 0 aromatic heterocycles. The molecule has 1 amide bonds. The average Bonchev–Trinajstić information content (AvgIpc) is 3.01. The Hall–Kier alpha value is -3.38. The van der Waals surface area contributed by atoms with E-state index in [9.17, 15) is 14.7 Å². The standard InChI is InChI=1S/C26H30N2O4/c1-6-15-32-21-12-11-20(16-18(21)3)24(29)22-23(19-9-7-17(2)8-10-19)28(14-13-27(4)5)26(31)25(22)30/h6-12,16,23,29H,1,13-15H2,2-5H3/b24-22+. The number of aliphatic hydroxyl groups excluding tert-OH is 1. The highest BCUT2D eigenvalue weighted by atomic mass is 16.5. The van der Waals surface area contributed by atoms with E-state index in [0.717, 1.165) is 16.7 Å². The highest BCUT2D eigenvalue weighted by Gasteiger charge is 2.45. The molecule has 1 aliphatic rings. The zero-order valence-corrected chi connectivity index (χ0v) is 19.1. The van der Waals surface area contributed by atoms with Gasteiger partial charge in [0.25, 0.3) is 11.7 Å². The summed E-state index contributed by atoms with van der Waals surface area (Å²) in [6.45, 7) is 8.83. The number of ether oxygens (including phenoxy) is 1. The molecule has 0 radical (unpaired) electrons. The molecule has 6 heteroatoms. The number of aryl methyl sites for hydroxylation is 2. The lowest BCUT2D eigenvalue weighted by atomic mass is 9.94. The molecular weight excluding hydrogens is 404 g/mol. The predicted octanol–water partition coefficient (Wildman–Crippen LogP) is 3.85. The van der Waals surface area contributed by atoms with Crippen LogP contribution in [-0.2, 0) is 9.59 Å². The second kappa shape index (κ2) is 9.83. The molecule has 1 heterocycles. The van der Waals surface area contributed by atoms with E-state index in [0.29, 0.717) is 31.0 Å². The van der Waals surface area contributed by atoms with Crippen LogP contribution in [0.25, 0.3) is 5.76 Å². The van der Waals surface area contributed by atoms with Crippen molar-refractivity contribution >= 4 is 17.4 Å². The van der Waals surface area contributed by atoms with Crippen LogP contribution in [0.15, 0.2) is 60.7 Å². The normalized spacial score (nSPS) is 17.8. The molecule has 0 bridgehead atoms. The van der Waals surface area contributed by atoms with E-state index in [1.54, 1.807) is 29.2 Å². The average molecular weight is 435 g/mol. The molecule has 2 aromatic rings. The van der Waals surface area contributed by atoms with Gasteiger partial charge in [0.05, 0.1) is 11.6 Å². The molecule has 0 aliphatic carbocycles. The first-order valence-electron chi connectivity index (χ1n) is 10.6. The molecule has 1 saturated heterocycles. The molecule has 0 spiro atoms. The second-order valence-electron chi connectivity index (χ2n) is 8.29. The third-order valence-electron chi connectivity index (χ3n) is 5.53. The number of carbonyl (C=O) groups is 2. The fourth-order valence-electron chi connectivity index (χ4n) is 3.78. The molecule has 1 N–H and O–H groups in total. The van der Waals surface area contributed by atoms with Gasteiger partial charge < -0.3 is 19.6 Å². The molecule has 6 nitrogen and oxygen atoms in total. The number of ketones is 1. The quantitative estimate of drug-likeness (QED) is 0.296. The maximum absolute atomic E-state index is 13.1. The summed E-state index contributed by atoms with van der Waals surface area (Å²) in [4.78, 5) is 29.5. The SMILES string of the molecule is C=CCOc1ccc(/C(O)=C2\C(=O)C(=O)N(CCN(C)C)C2c2ccc(C)cc2)cc1C. The molecule has 2 aromatic carbocycles. The fourth-order valence-corrected chi connectivity index (χ4v) is 3.78. The van der Waals surface area contributed by atoms with Gasteiger partial charge in [-0.1, -0.05) is 42.5 Å². The highest BCUT2D eigenvalue weighted by Crippen LogP contribution is 2.39. The van der Waals surface area contributed by atoms with Gasteiger partial charge in [0.15, 0.2) is 0 Å². The number of benzene rings is 2. The van der Waals surface area contributed by atoms with Gasteiger partial charge in [0, 0.05) is 18.7 Å². The Morgan fingerprint density at radius 1 is 1.16 bits per heavy atom. The van der Waals surface area contributed by atoms with Gasteiger partial charge in [-0.25, -0.2) is 0 Å². The van der Waals surface area contributed by atoms with Crippen LogP contribution in [0, 0.1) is 13.8 Å². The topological polar surface area (TPSA) is 70.1 Å². The highest BCUT2D eigenvalue weighted by molar-refractivity contribution is 6.46. The number of rotatable bonds is 8. The molecular formula is C26H30N2O4. The Morgan fingerprint density at radius 3 is 2.44 bits per heavy atom. The summed E-state index contributed by atoms with van der Waals surface area (Å²) >= 11 is 0. The first-order chi connectivity index (χ1) is 15.2. The van der Waals surface area contributed by atoms with E-state index in [4.69, 9.17) is 4.74 Å². The summed E-state index contributed by atoms with van der Waals surface area (Å²) in [6, 6.07) is 12.2. The smallest absolute Gasteiger partial charge is 0.295 e. The number of aliphatic hydroxyl groups is 1. The van der Waals surface area contributed by atoms with Crippen LogP contribution in [0.4, 0.5) is 0 Å². The third-order valence-corrected chi connectivity index (χ3v) is 5.53. The summed E-state index contributed by atoms with van der Waals surface area (Å²) < 4.78 is 5.61. The number of Topliss-reactive ketones (excluding diaryl/α,β-unsaturated/α-hetero) is 1. The van der Waals surface area contributed by atoms with Gasteiger partial charge in [0.2, 0.25) is 0 Å². The second-order valence-corrected chi connectivity index (χ2v) is 8.29. The minimum atomic E-state index is -0.670. The van der Waals surface area contributed by atoms with Crippen molar-refractivity contribution in [1.29, 1.82) is 0 Å². The van der Waals surface area contributed by atoms with Crippen molar-refractivity contribution < 1.29 is 19.4 Å². The lowest BCUT2D eigenvalue weighted by Gasteiger charge is -2.26. The number of nitrogens with zero attached hydrogens (tertiary/aromatic N) is 2. The predicted molar refractivity (Wildman–Crippen MR) is 126 cm³/mol. The van der Waals surface area contributed by atoms with Gasteiger partial charge >= 0.3 is 0 Å². The minimum Gasteiger partial charge on any atom is -0.507 e. The van der Waals surface area contributed by atoms with Crippen molar-refractivity contribution in [1.82, 2.24) is 9.80 Å². The van der Waals surface area contributed by atoms with E-state index in [2.05, 4.69) is 6.58 Å². The number of likely N-dealkylation sites (N-methyl/N-ethyl adjacent to an activating group) is 1. The Kier molecular flexibility index (Phi) is 7.15. The lowest BCUT2D eigenvalue weighted by Crippen LogP contribution is -2.35. The molecule has 168 valence electrons. The number of likely N-dealkylation sites (tertiary alicyclic amines) is 1. The van der Waals surface area contributed by atoms with Crippen LogP contribution in [-0.4, -0.2) is 60.4 Å². The summed E-state index contributed by atoms with van der Waals surface area (Å²) in [5.74, 6) is -0.777. The minimum absolute atomic E-state index is 0.108. The van der Waals surface area contributed by atoms with Gasteiger partial charge in [0.1, 0.15) is 18.1 Å². The van der Waals surface area contributed by atoms with Crippen molar-refractivity contribution in [3.8, 4) is 5.75 Å². The summed E-state index contributed by atoms with van der Waals surface area (Å²) in [5.41, 5.74) is 3.25. The van der Waals surface area contributed by atoms with Gasteiger partial charge in [-0.2, -0.15) is 0 Å². The Bertz CT molecular complexity index is 1050. The molecule has 1 fully saturated rings. The zero-order chi connectivity index (χ0) is 23.4. The van der Waals surface area contributed by atoms with E-state index in [1.807, 2.05) is 57.1 Å². The monoisotopic (exact) mass is 434 g/mol. The Balaban J connectivity index is 2.09. The summed E-state index contributed by atoms with van der Waals surface area (Å²) in [5, 5.41) is 11.2. The summed E-state index contributed by atoms with van der Waals surface area (Å²) in [7, 11) is 3.83. The van der Waals surface area contributed by atoms with Crippen LogP contribution in [0.1, 0.15) is 28.3 Å². The maximum atomic E-state index is 13.1. The number of carbonyl (C=O) groups excluding carboxylic acids is 2. The Morgan fingerprint density at radius 2 is 1.84 bits per heavy atom. The van der Waals surface area contributed by atoms with Crippen molar-refractivity contribution in [2.75, 3.05) is 33.8 Å². The number of amides is 1. The van der Waals surface area contributed by atoms with E-state index in [-0.39, 0.29) is 11.3 Å². The van der Waals surface area contributed by atoms with Crippen LogP contribution in [0.2, 0.25) is 0 Å². The first-order valence-corrected chi connectivity index (χ1v) is 10.6. The molecule has 0 saturated carbocycles. The van der Waals surface area contributed by atoms with Crippen LogP contribution in [0.5, 0.6) is 5.75 Å². The van der Waals surface area contributed by atoms with Gasteiger partial charge in [-0.3, -0.25) is 9.59 Å². The van der Waals surface area contributed by atoms with Crippen molar-refractivity contribution in [3.05, 3.63) is 82.9 Å². The van der Waals surface area contributed by atoms with Crippen LogP contribution < -0.4 is 4.74 Å².